The second-order valence-electron chi connectivity index (χ2n) is 5.53. The van der Waals surface area contributed by atoms with E-state index in [4.69, 9.17) is 22.3 Å². The summed E-state index contributed by atoms with van der Waals surface area (Å²) in [5, 5.41) is 0. The fourth-order valence-electron chi connectivity index (χ4n) is 2.19. The summed E-state index contributed by atoms with van der Waals surface area (Å²) < 4.78 is 36.9. The Kier molecular flexibility index (Phi) is 20.7. The highest BCUT2D eigenvalue weighted by Crippen LogP contribution is 2.11. The largest absolute Gasteiger partial charge is 0.394 e. The second-order valence-corrected chi connectivity index (χ2v) is 6.43. The van der Waals surface area contributed by atoms with Gasteiger partial charge in [-0.1, -0.05) is 77.6 Å². The highest BCUT2D eigenvalue weighted by Gasteiger charge is 1.93. The number of rotatable bonds is 14. The van der Waals surface area contributed by atoms with E-state index in [0.717, 1.165) is 13.2 Å². The van der Waals surface area contributed by atoms with Gasteiger partial charge in [0.15, 0.2) is 0 Å². The third-order valence-corrected chi connectivity index (χ3v) is 3.35. The van der Waals surface area contributed by atoms with Gasteiger partial charge in [-0.05, 0) is 13.3 Å². The summed E-state index contributed by atoms with van der Waals surface area (Å²) in [6.45, 7) is 6.19. The maximum absolute atomic E-state index is 8.74. The molecular formula is C16H36O5S. The summed E-state index contributed by atoms with van der Waals surface area (Å²) in [4.78, 5) is 0. The molecule has 0 saturated carbocycles. The fourth-order valence-corrected chi connectivity index (χ4v) is 2.19. The van der Waals surface area contributed by atoms with Crippen LogP contribution in [0.1, 0.15) is 90.9 Å². The molecule has 5 nitrogen and oxygen atoms in total. The van der Waals surface area contributed by atoms with Gasteiger partial charge in [-0.25, -0.2) is 0 Å². The van der Waals surface area contributed by atoms with E-state index >= 15 is 0 Å². The zero-order valence-electron chi connectivity index (χ0n) is 14.4. The van der Waals surface area contributed by atoms with Crippen molar-refractivity contribution in [3.05, 3.63) is 0 Å². The first-order valence-corrected chi connectivity index (χ1v) is 10.1. The maximum Gasteiger partial charge on any atom is 0.394 e. The van der Waals surface area contributed by atoms with E-state index in [9.17, 15) is 0 Å². The molecule has 22 heavy (non-hydrogen) atoms. The lowest BCUT2D eigenvalue weighted by atomic mass is 10.1. The molecule has 0 unspecified atom stereocenters. The molecule has 0 saturated heterocycles. The Labute approximate surface area is 137 Å². The van der Waals surface area contributed by atoms with Crippen LogP contribution in [0.15, 0.2) is 0 Å². The van der Waals surface area contributed by atoms with Crippen LogP contribution < -0.4 is 0 Å². The lowest BCUT2D eigenvalue weighted by molar-refractivity contribution is 0.143. The van der Waals surface area contributed by atoms with Crippen molar-refractivity contribution in [2.45, 2.75) is 90.9 Å². The smallest absolute Gasteiger partial charge is 0.382 e. The zero-order chi connectivity index (χ0) is 17.1. The third-order valence-electron chi connectivity index (χ3n) is 3.35. The second kappa shape index (κ2) is 18.9. The molecule has 136 valence electrons. The van der Waals surface area contributed by atoms with Crippen LogP contribution in [0.5, 0.6) is 0 Å². The highest BCUT2D eigenvalue weighted by molar-refractivity contribution is 7.79. The van der Waals surface area contributed by atoms with Crippen molar-refractivity contribution in [1.29, 1.82) is 0 Å². The first kappa shape index (κ1) is 24.1. The predicted octanol–water partition coefficient (Wildman–Crippen LogP) is 5.07. The molecule has 0 spiro atoms. The average molecular weight is 341 g/mol. The molecule has 0 aliphatic rings. The molecule has 0 rings (SSSR count). The minimum atomic E-state index is -4.67. The molecule has 0 atom stereocenters. The number of ether oxygens (including phenoxy) is 1. The third kappa shape index (κ3) is 36.8. The van der Waals surface area contributed by atoms with Crippen LogP contribution in [0, 0.1) is 0 Å². The van der Waals surface area contributed by atoms with Crippen LogP contribution in [0.3, 0.4) is 0 Å². The monoisotopic (exact) mass is 340 g/mol. The van der Waals surface area contributed by atoms with E-state index < -0.39 is 10.4 Å². The van der Waals surface area contributed by atoms with Crippen molar-refractivity contribution >= 4 is 10.4 Å². The van der Waals surface area contributed by atoms with Crippen LogP contribution in [-0.4, -0.2) is 30.7 Å². The first-order chi connectivity index (χ1) is 10.4. The van der Waals surface area contributed by atoms with Crippen LogP contribution in [0.25, 0.3) is 0 Å². The van der Waals surface area contributed by atoms with Crippen molar-refractivity contribution in [1.82, 2.24) is 0 Å². The standard InChI is InChI=1S/C16H34O.H2O4S/c1-3-5-6-7-8-9-10-11-12-13-14-15-16-17-4-2;1-5(2,3)4/h3-16H2,1-2H3;(H2,1,2,3,4). The highest BCUT2D eigenvalue weighted by atomic mass is 32.3. The van der Waals surface area contributed by atoms with E-state index in [-0.39, 0.29) is 0 Å². The van der Waals surface area contributed by atoms with Crippen molar-refractivity contribution in [3.8, 4) is 0 Å². The quantitative estimate of drug-likeness (QED) is 0.340. The van der Waals surface area contributed by atoms with Crippen molar-refractivity contribution in [3.63, 3.8) is 0 Å². The first-order valence-electron chi connectivity index (χ1n) is 8.69. The van der Waals surface area contributed by atoms with E-state index in [1.165, 1.54) is 77.0 Å². The zero-order valence-corrected chi connectivity index (χ0v) is 15.2. The average Bonchev–Trinajstić information content (AvgIpc) is 2.42. The molecule has 2 N–H and O–H groups in total. The van der Waals surface area contributed by atoms with Gasteiger partial charge in [0.1, 0.15) is 0 Å². The Morgan fingerprint density at radius 2 is 1.00 bits per heavy atom. The topological polar surface area (TPSA) is 83.8 Å². The molecule has 0 heterocycles. The molecule has 0 amide bonds. The summed E-state index contributed by atoms with van der Waals surface area (Å²) in [6, 6.07) is 0. The van der Waals surface area contributed by atoms with Gasteiger partial charge < -0.3 is 4.74 Å². The molecule has 0 aromatic carbocycles. The van der Waals surface area contributed by atoms with Crippen LogP contribution in [-0.2, 0) is 15.1 Å². The maximum atomic E-state index is 8.74. The predicted molar refractivity (Wildman–Crippen MR) is 91.7 cm³/mol. The summed E-state index contributed by atoms with van der Waals surface area (Å²) in [5.74, 6) is 0. The molecular weight excluding hydrogens is 304 g/mol. The van der Waals surface area contributed by atoms with Gasteiger partial charge in [0.25, 0.3) is 0 Å². The van der Waals surface area contributed by atoms with Gasteiger partial charge in [-0.15, -0.1) is 0 Å². The van der Waals surface area contributed by atoms with Crippen molar-refractivity contribution in [2.24, 2.45) is 0 Å². The van der Waals surface area contributed by atoms with E-state index in [0.29, 0.717) is 0 Å². The Hall–Kier alpha value is -0.170. The Morgan fingerprint density at radius 1 is 0.682 bits per heavy atom. The van der Waals surface area contributed by atoms with Crippen LogP contribution in [0.4, 0.5) is 0 Å². The number of hydrogen-bond acceptors (Lipinski definition) is 3. The molecule has 0 aromatic heterocycles. The molecule has 0 fully saturated rings. The number of hydrogen-bond donors (Lipinski definition) is 2. The lowest BCUT2D eigenvalue weighted by Gasteiger charge is -2.03. The minimum Gasteiger partial charge on any atom is -0.382 e. The lowest BCUT2D eigenvalue weighted by Crippen LogP contribution is -1.92. The van der Waals surface area contributed by atoms with Crippen molar-refractivity contribution in [2.75, 3.05) is 13.2 Å². The van der Waals surface area contributed by atoms with Gasteiger partial charge in [-0.3, -0.25) is 9.11 Å². The summed E-state index contributed by atoms with van der Waals surface area (Å²) in [5.41, 5.74) is 0. The molecule has 0 aliphatic carbocycles. The summed E-state index contributed by atoms with van der Waals surface area (Å²) in [6.07, 6.45) is 17.0. The van der Waals surface area contributed by atoms with Gasteiger partial charge in [0.05, 0.1) is 0 Å². The van der Waals surface area contributed by atoms with Gasteiger partial charge >= 0.3 is 10.4 Å². The van der Waals surface area contributed by atoms with E-state index in [1.54, 1.807) is 0 Å². The van der Waals surface area contributed by atoms with Crippen LogP contribution in [0.2, 0.25) is 0 Å². The van der Waals surface area contributed by atoms with Crippen molar-refractivity contribution < 1.29 is 22.3 Å². The van der Waals surface area contributed by atoms with E-state index in [2.05, 4.69) is 13.8 Å². The summed E-state index contributed by atoms with van der Waals surface area (Å²) in [7, 11) is -4.67. The fraction of sp³-hybridized carbons (Fsp3) is 1.00. The number of unbranched alkanes of at least 4 members (excludes halogenated alkanes) is 11. The Bertz CT molecular complexity index is 269. The molecule has 0 bridgehead atoms. The molecule has 6 heteroatoms. The van der Waals surface area contributed by atoms with Gasteiger partial charge in [-0.2, -0.15) is 8.42 Å². The summed E-state index contributed by atoms with van der Waals surface area (Å²) >= 11 is 0. The Morgan fingerprint density at radius 3 is 1.32 bits per heavy atom. The Balaban J connectivity index is 0. The van der Waals surface area contributed by atoms with E-state index in [1.807, 2.05) is 0 Å². The molecule has 0 radical (unpaired) electrons. The van der Waals surface area contributed by atoms with Crippen LogP contribution >= 0.6 is 0 Å². The molecule has 0 aliphatic heterocycles. The molecule has 0 aromatic rings. The minimum absolute atomic E-state index is 0.873. The SMILES string of the molecule is CCCCCCCCCCCCCCOCC.O=S(=O)(O)O. The normalized spacial score (nSPS) is 11.1. The van der Waals surface area contributed by atoms with Gasteiger partial charge in [0, 0.05) is 13.2 Å². The van der Waals surface area contributed by atoms with Gasteiger partial charge in [0.2, 0.25) is 0 Å².